The standard InChI is InChI=1S/C20H15NO4/c1-13-9-20(22)25-17-10-15(7-8-16(13)17)23-12-19-21-11-18(24-19)14-5-3-2-4-6-14/h2-11H,12H2,1H3. The monoisotopic (exact) mass is 333 g/mol. The fourth-order valence-corrected chi connectivity index (χ4v) is 2.65. The maximum absolute atomic E-state index is 11.5. The van der Waals surface area contributed by atoms with Gasteiger partial charge in [0.25, 0.3) is 0 Å². The molecule has 0 atom stereocenters. The van der Waals surface area contributed by atoms with E-state index in [0.717, 1.165) is 16.5 Å². The first kappa shape index (κ1) is 15.2. The molecule has 0 unspecified atom stereocenters. The summed E-state index contributed by atoms with van der Waals surface area (Å²) in [4.78, 5) is 15.7. The largest absolute Gasteiger partial charge is 0.484 e. The minimum absolute atomic E-state index is 0.189. The number of aryl methyl sites for hydroxylation is 1. The van der Waals surface area contributed by atoms with Crippen molar-refractivity contribution in [2.75, 3.05) is 0 Å². The fraction of sp³-hybridized carbons (Fsp3) is 0.100. The van der Waals surface area contributed by atoms with Crippen LogP contribution in [-0.2, 0) is 6.61 Å². The van der Waals surface area contributed by atoms with Crippen LogP contribution in [0.5, 0.6) is 5.75 Å². The zero-order valence-electron chi connectivity index (χ0n) is 13.6. The van der Waals surface area contributed by atoms with Gasteiger partial charge in [-0.1, -0.05) is 30.3 Å². The number of ether oxygens (including phenoxy) is 1. The number of aromatic nitrogens is 1. The van der Waals surface area contributed by atoms with Crippen molar-refractivity contribution >= 4 is 11.0 Å². The molecule has 0 aliphatic rings. The van der Waals surface area contributed by atoms with E-state index in [4.69, 9.17) is 13.6 Å². The van der Waals surface area contributed by atoms with Gasteiger partial charge < -0.3 is 13.6 Å². The Kier molecular flexibility index (Phi) is 3.82. The van der Waals surface area contributed by atoms with Gasteiger partial charge in [-0.25, -0.2) is 9.78 Å². The summed E-state index contributed by atoms with van der Waals surface area (Å²) >= 11 is 0. The lowest BCUT2D eigenvalue weighted by Crippen LogP contribution is -1.99. The fourth-order valence-electron chi connectivity index (χ4n) is 2.65. The van der Waals surface area contributed by atoms with Crippen molar-refractivity contribution in [3.8, 4) is 17.1 Å². The van der Waals surface area contributed by atoms with E-state index in [1.165, 1.54) is 6.07 Å². The van der Waals surface area contributed by atoms with E-state index < -0.39 is 0 Å². The summed E-state index contributed by atoms with van der Waals surface area (Å²) in [6.07, 6.45) is 1.68. The van der Waals surface area contributed by atoms with E-state index in [-0.39, 0.29) is 12.2 Å². The number of rotatable bonds is 4. The van der Waals surface area contributed by atoms with Crippen LogP contribution in [0.1, 0.15) is 11.5 Å². The topological polar surface area (TPSA) is 65.5 Å². The summed E-state index contributed by atoms with van der Waals surface area (Å²) in [5.41, 5.74) is 1.96. The molecule has 0 amide bonds. The minimum Gasteiger partial charge on any atom is -0.484 e. The summed E-state index contributed by atoms with van der Waals surface area (Å²) in [5, 5.41) is 0.884. The third-order valence-corrected chi connectivity index (χ3v) is 3.90. The SMILES string of the molecule is Cc1cc(=O)oc2cc(OCc3ncc(-c4ccccc4)o3)ccc12. The molecular weight excluding hydrogens is 318 g/mol. The van der Waals surface area contributed by atoms with Gasteiger partial charge in [-0.3, -0.25) is 0 Å². The van der Waals surface area contributed by atoms with Gasteiger partial charge in [0.15, 0.2) is 12.4 Å². The van der Waals surface area contributed by atoms with Crippen LogP contribution in [0.2, 0.25) is 0 Å². The number of fused-ring (bicyclic) bond motifs is 1. The first-order valence-corrected chi connectivity index (χ1v) is 7.86. The highest BCUT2D eigenvalue weighted by Gasteiger charge is 2.08. The van der Waals surface area contributed by atoms with Crippen LogP contribution in [-0.4, -0.2) is 4.98 Å². The molecule has 0 fully saturated rings. The third-order valence-electron chi connectivity index (χ3n) is 3.90. The Balaban J connectivity index is 1.53. The second-order valence-corrected chi connectivity index (χ2v) is 5.68. The molecule has 0 saturated carbocycles. The van der Waals surface area contributed by atoms with Crippen molar-refractivity contribution in [2.24, 2.45) is 0 Å². The second-order valence-electron chi connectivity index (χ2n) is 5.68. The van der Waals surface area contributed by atoms with Crippen molar-refractivity contribution in [1.29, 1.82) is 0 Å². The zero-order chi connectivity index (χ0) is 17.2. The molecule has 4 aromatic rings. The normalized spacial score (nSPS) is 10.9. The predicted octanol–water partition coefficient (Wildman–Crippen LogP) is 4.34. The molecule has 124 valence electrons. The van der Waals surface area contributed by atoms with E-state index in [9.17, 15) is 4.79 Å². The number of oxazole rings is 1. The number of nitrogens with zero attached hydrogens (tertiary/aromatic N) is 1. The van der Waals surface area contributed by atoms with Gasteiger partial charge >= 0.3 is 5.63 Å². The van der Waals surface area contributed by atoms with Gasteiger partial charge in [-0.15, -0.1) is 0 Å². The summed E-state index contributed by atoms with van der Waals surface area (Å²) in [6, 6.07) is 16.6. The number of hydrogen-bond acceptors (Lipinski definition) is 5. The zero-order valence-corrected chi connectivity index (χ0v) is 13.6. The Morgan fingerprint density at radius 1 is 1.04 bits per heavy atom. The molecule has 5 heteroatoms. The van der Waals surface area contributed by atoms with Gasteiger partial charge in [0.1, 0.15) is 11.3 Å². The Morgan fingerprint density at radius 3 is 2.72 bits per heavy atom. The Morgan fingerprint density at radius 2 is 1.88 bits per heavy atom. The molecule has 0 saturated heterocycles. The van der Waals surface area contributed by atoms with Crippen LogP contribution >= 0.6 is 0 Å². The van der Waals surface area contributed by atoms with Gasteiger partial charge in [-0.2, -0.15) is 0 Å². The molecule has 2 aromatic carbocycles. The third kappa shape index (κ3) is 3.17. The molecule has 2 heterocycles. The van der Waals surface area contributed by atoms with Crippen LogP contribution in [0.3, 0.4) is 0 Å². The first-order chi connectivity index (χ1) is 12.2. The van der Waals surface area contributed by atoms with Crippen LogP contribution < -0.4 is 10.4 Å². The first-order valence-electron chi connectivity index (χ1n) is 7.86. The van der Waals surface area contributed by atoms with Crippen LogP contribution in [0.15, 0.2) is 74.4 Å². The van der Waals surface area contributed by atoms with E-state index in [2.05, 4.69) is 4.98 Å². The molecule has 25 heavy (non-hydrogen) atoms. The minimum atomic E-state index is -0.373. The van der Waals surface area contributed by atoms with Crippen LogP contribution in [0.4, 0.5) is 0 Å². The quantitative estimate of drug-likeness (QED) is 0.520. The molecule has 0 radical (unpaired) electrons. The van der Waals surface area contributed by atoms with Crippen molar-refractivity contribution in [3.05, 3.63) is 82.7 Å². The highest BCUT2D eigenvalue weighted by atomic mass is 16.5. The molecule has 0 aliphatic heterocycles. The maximum atomic E-state index is 11.5. The van der Waals surface area contributed by atoms with Crippen molar-refractivity contribution in [2.45, 2.75) is 13.5 Å². The van der Waals surface area contributed by atoms with Crippen LogP contribution in [0, 0.1) is 6.92 Å². The summed E-state index contributed by atoms with van der Waals surface area (Å²) < 4.78 is 16.6. The summed E-state index contributed by atoms with van der Waals surface area (Å²) in [6.45, 7) is 2.06. The lowest BCUT2D eigenvalue weighted by molar-refractivity contribution is 0.264. The van der Waals surface area contributed by atoms with Crippen molar-refractivity contribution < 1.29 is 13.6 Å². The van der Waals surface area contributed by atoms with Gasteiger partial charge in [-0.05, 0) is 24.6 Å². The van der Waals surface area contributed by atoms with Crippen molar-refractivity contribution in [3.63, 3.8) is 0 Å². The molecule has 0 spiro atoms. The van der Waals surface area contributed by atoms with Gasteiger partial charge in [0.2, 0.25) is 5.89 Å². The van der Waals surface area contributed by atoms with Gasteiger partial charge in [0, 0.05) is 23.1 Å². The van der Waals surface area contributed by atoms with E-state index in [1.807, 2.05) is 49.4 Å². The smallest absolute Gasteiger partial charge is 0.336 e. The highest BCUT2D eigenvalue weighted by molar-refractivity contribution is 5.81. The Labute approximate surface area is 143 Å². The average molecular weight is 333 g/mol. The maximum Gasteiger partial charge on any atom is 0.336 e. The molecule has 2 aromatic heterocycles. The molecule has 4 rings (SSSR count). The van der Waals surface area contributed by atoms with Gasteiger partial charge in [0.05, 0.1) is 6.20 Å². The lowest BCUT2D eigenvalue weighted by atomic mass is 10.1. The summed E-state index contributed by atoms with van der Waals surface area (Å²) in [7, 11) is 0. The second kappa shape index (κ2) is 6.28. The lowest BCUT2D eigenvalue weighted by Gasteiger charge is -2.05. The number of benzene rings is 2. The Bertz CT molecular complexity index is 1080. The van der Waals surface area contributed by atoms with E-state index in [1.54, 1.807) is 12.3 Å². The molecule has 0 bridgehead atoms. The highest BCUT2D eigenvalue weighted by Crippen LogP contribution is 2.24. The van der Waals surface area contributed by atoms with Crippen molar-refractivity contribution in [1.82, 2.24) is 4.98 Å². The average Bonchev–Trinajstić information content (AvgIpc) is 3.09. The predicted molar refractivity (Wildman–Crippen MR) is 93.5 cm³/mol. The Hall–Kier alpha value is -3.34. The number of hydrogen-bond donors (Lipinski definition) is 0. The molecule has 0 aliphatic carbocycles. The van der Waals surface area contributed by atoms with Crippen LogP contribution in [0.25, 0.3) is 22.3 Å². The summed E-state index contributed by atoms with van der Waals surface area (Å²) in [5.74, 6) is 1.75. The van der Waals surface area contributed by atoms with E-state index >= 15 is 0 Å². The molecule has 5 nitrogen and oxygen atoms in total. The molecular formula is C20H15NO4. The molecule has 0 N–H and O–H groups in total. The van der Waals surface area contributed by atoms with E-state index in [0.29, 0.717) is 23.0 Å².